The van der Waals surface area contributed by atoms with Crippen LogP contribution in [0.4, 0.5) is 4.79 Å². The largest absolute Gasteiger partial charge is 0.411 e. The van der Waals surface area contributed by atoms with Gasteiger partial charge in [0, 0.05) is 14.2 Å². The fourth-order valence-corrected chi connectivity index (χ4v) is 4.19. The van der Waals surface area contributed by atoms with Gasteiger partial charge in [0.1, 0.15) is 25.4 Å². The van der Waals surface area contributed by atoms with Gasteiger partial charge in [-0.3, -0.25) is 4.18 Å². The Balaban J connectivity index is 1.92. The van der Waals surface area contributed by atoms with E-state index in [1.54, 1.807) is 19.1 Å². The third kappa shape index (κ3) is 5.34. The highest BCUT2D eigenvalue weighted by atomic mass is 32.2. The van der Waals surface area contributed by atoms with Crippen molar-refractivity contribution in [1.29, 1.82) is 0 Å². The lowest BCUT2D eigenvalue weighted by atomic mass is 9.96. The van der Waals surface area contributed by atoms with E-state index in [1.807, 2.05) is 6.92 Å². The van der Waals surface area contributed by atoms with Gasteiger partial charge in [-0.05, 0) is 26.0 Å². The molecule has 2 aliphatic rings. The molecule has 11 nitrogen and oxygen atoms in total. The van der Waals surface area contributed by atoms with Gasteiger partial charge in [-0.2, -0.15) is 8.42 Å². The van der Waals surface area contributed by atoms with E-state index in [1.165, 1.54) is 26.4 Å². The Hall–Kier alpha value is -1.80. The van der Waals surface area contributed by atoms with Crippen molar-refractivity contribution in [2.24, 2.45) is 5.73 Å². The molecule has 174 valence electrons. The molecular weight excluding hydrogens is 434 g/mol. The van der Waals surface area contributed by atoms with Crippen molar-refractivity contribution in [2.45, 2.75) is 48.6 Å². The van der Waals surface area contributed by atoms with Gasteiger partial charge in [0.05, 0.1) is 11.5 Å². The Morgan fingerprint density at radius 3 is 2.35 bits per heavy atom. The second kappa shape index (κ2) is 8.98. The summed E-state index contributed by atoms with van der Waals surface area (Å²) in [5.74, 6) is -3.03. The number of nitrogens with two attached hydrogens (primary N) is 1. The molecule has 2 aliphatic heterocycles. The van der Waals surface area contributed by atoms with E-state index < -0.39 is 52.7 Å². The van der Waals surface area contributed by atoms with Crippen LogP contribution in [0.15, 0.2) is 29.2 Å². The number of rotatable bonds is 9. The summed E-state index contributed by atoms with van der Waals surface area (Å²) in [6.45, 7) is 2.92. The predicted octanol–water partition coefficient (Wildman–Crippen LogP) is 0.684. The number of carbonyl (C=O) groups is 1. The molecule has 2 N–H and O–H groups in total. The molecule has 0 saturated carbocycles. The predicted molar refractivity (Wildman–Crippen MR) is 104 cm³/mol. The van der Waals surface area contributed by atoms with E-state index in [4.69, 9.17) is 38.3 Å². The van der Waals surface area contributed by atoms with Crippen LogP contribution in [0.5, 0.6) is 0 Å². The molecule has 0 bridgehead atoms. The van der Waals surface area contributed by atoms with E-state index in [2.05, 4.69) is 0 Å². The number of primary amides is 1. The summed E-state index contributed by atoms with van der Waals surface area (Å²) in [5, 5.41) is 0. The summed E-state index contributed by atoms with van der Waals surface area (Å²) < 4.78 is 63.8. The van der Waals surface area contributed by atoms with E-state index in [-0.39, 0.29) is 18.1 Å². The zero-order chi connectivity index (χ0) is 22.9. The molecule has 2 fully saturated rings. The Kier molecular flexibility index (Phi) is 6.91. The third-order valence-electron chi connectivity index (χ3n) is 5.09. The van der Waals surface area contributed by atoms with Crippen LogP contribution in [-0.4, -0.2) is 78.4 Å². The number of amides is 1. The van der Waals surface area contributed by atoms with Gasteiger partial charge in [0.25, 0.3) is 15.9 Å². The van der Waals surface area contributed by atoms with Gasteiger partial charge in [-0.25, -0.2) is 4.79 Å². The SMILES string of the molecule is CO[C@H]1[C@@H](OC2(C)CO2)[C@](COS(=O)(=O)c2ccc(C)cc2)(OC(N)=O)OC[C@H]1OC. The number of carbonyl (C=O) groups excluding carboxylic acids is 1. The highest BCUT2D eigenvalue weighted by molar-refractivity contribution is 7.86. The summed E-state index contributed by atoms with van der Waals surface area (Å²) in [6, 6.07) is 6.06. The average molecular weight is 461 g/mol. The monoisotopic (exact) mass is 461 g/mol. The Labute approximate surface area is 180 Å². The summed E-state index contributed by atoms with van der Waals surface area (Å²) in [6.07, 6.45) is -3.80. The molecule has 0 spiro atoms. The fraction of sp³-hybridized carbons (Fsp3) is 0.632. The first-order valence-corrected chi connectivity index (χ1v) is 10.9. The quantitative estimate of drug-likeness (QED) is 0.411. The van der Waals surface area contributed by atoms with Crippen LogP contribution in [0.2, 0.25) is 0 Å². The van der Waals surface area contributed by atoms with Gasteiger partial charge in [-0.1, -0.05) is 17.7 Å². The van der Waals surface area contributed by atoms with Gasteiger partial charge in [0.2, 0.25) is 0 Å². The van der Waals surface area contributed by atoms with E-state index >= 15 is 0 Å². The van der Waals surface area contributed by atoms with Crippen molar-refractivity contribution in [3.63, 3.8) is 0 Å². The molecule has 1 amide bonds. The van der Waals surface area contributed by atoms with Crippen molar-refractivity contribution < 1.29 is 45.8 Å². The highest BCUT2D eigenvalue weighted by Gasteiger charge is 2.60. The molecule has 1 aromatic rings. The highest BCUT2D eigenvalue weighted by Crippen LogP contribution is 2.39. The maximum absolute atomic E-state index is 12.7. The minimum Gasteiger partial charge on any atom is -0.411 e. The molecule has 0 radical (unpaired) electrons. The van der Waals surface area contributed by atoms with Crippen LogP contribution in [0.3, 0.4) is 0 Å². The minimum atomic E-state index is -4.22. The number of benzene rings is 1. The van der Waals surface area contributed by atoms with E-state index in [9.17, 15) is 13.2 Å². The van der Waals surface area contributed by atoms with Gasteiger partial charge in [0.15, 0.2) is 11.9 Å². The molecule has 1 aromatic carbocycles. The smallest absolute Gasteiger partial charge is 0.407 e. The Bertz CT molecular complexity index is 885. The molecule has 31 heavy (non-hydrogen) atoms. The summed E-state index contributed by atoms with van der Waals surface area (Å²) >= 11 is 0. The second-order valence-corrected chi connectivity index (χ2v) is 9.12. The number of methoxy groups -OCH3 is 2. The standard InChI is InChI=1S/C19H27NO10S/c1-12-5-7-13(8-6-12)31(22,23)28-11-19(30-17(20)21)16(29-18(2)10-27-18)15(25-4)14(24-3)9-26-19/h5-8,14-16H,9-11H2,1-4H3,(H2,20,21)/t14-,15-,16-,18?,19+/m1/s1. The number of hydrogen-bond acceptors (Lipinski definition) is 10. The molecule has 12 heteroatoms. The topological polar surface area (TPSA) is 145 Å². The zero-order valence-corrected chi connectivity index (χ0v) is 18.5. The number of ether oxygens (including phenoxy) is 6. The maximum Gasteiger partial charge on any atom is 0.407 e. The zero-order valence-electron chi connectivity index (χ0n) is 17.7. The molecule has 5 atom stereocenters. The molecular formula is C19H27NO10S. The number of aryl methyl sites for hydroxylation is 1. The van der Waals surface area contributed by atoms with E-state index in [0.717, 1.165) is 5.56 Å². The lowest BCUT2D eigenvalue weighted by Gasteiger charge is -2.47. The molecule has 0 aromatic heterocycles. The van der Waals surface area contributed by atoms with Crippen molar-refractivity contribution >= 4 is 16.2 Å². The summed E-state index contributed by atoms with van der Waals surface area (Å²) in [5.41, 5.74) is 6.14. The third-order valence-corrected chi connectivity index (χ3v) is 6.37. The molecule has 2 heterocycles. The number of hydrogen-bond donors (Lipinski definition) is 1. The molecule has 0 aliphatic carbocycles. The first-order chi connectivity index (χ1) is 14.5. The van der Waals surface area contributed by atoms with Gasteiger partial charge in [-0.15, -0.1) is 0 Å². The van der Waals surface area contributed by atoms with Crippen LogP contribution in [0.1, 0.15) is 12.5 Å². The molecule has 1 unspecified atom stereocenters. The van der Waals surface area contributed by atoms with Crippen molar-refractivity contribution in [3.8, 4) is 0 Å². The van der Waals surface area contributed by atoms with Crippen LogP contribution in [0, 0.1) is 6.92 Å². The maximum atomic E-state index is 12.7. The van der Waals surface area contributed by atoms with Crippen molar-refractivity contribution in [1.82, 2.24) is 0 Å². The average Bonchev–Trinajstić information content (AvgIpc) is 3.44. The number of epoxide rings is 1. The van der Waals surface area contributed by atoms with Gasteiger partial charge >= 0.3 is 6.09 Å². The van der Waals surface area contributed by atoms with E-state index in [0.29, 0.717) is 0 Å². The minimum absolute atomic E-state index is 0.0730. The second-order valence-electron chi connectivity index (χ2n) is 7.51. The van der Waals surface area contributed by atoms with Crippen LogP contribution < -0.4 is 5.73 Å². The van der Waals surface area contributed by atoms with Crippen LogP contribution in [-0.2, 0) is 42.7 Å². The van der Waals surface area contributed by atoms with Crippen molar-refractivity contribution in [2.75, 3.05) is 34.0 Å². The molecule has 2 saturated heterocycles. The van der Waals surface area contributed by atoms with Gasteiger partial charge < -0.3 is 34.2 Å². The summed E-state index contributed by atoms with van der Waals surface area (Å²) in [7, 11) is -1.35. The fourth-order valence-electron chi connectivity index (χ4n) is 3.26. The van der Waals surface area contributed by atoms with Crippen LogP contribution in [0.25, 0.3) is 0 Å². The lowest BCUT2D eigenvalue weighted by molar-refractivity contribution is -0.351. The first-order valence-electron chi connectivity index (χ1n) is 9.50. The lowest BCUT2D eigenvalue weighted by Crippen LogP contribution is -2.67. The van der Waals surface area contributed by atoms with Crippen LogP contribution >= 0.6 is 0 Å². The first kappa shape index (κ1) is 23.9. The molecule has 3 rings (SSSR count). The van der Waals surface area contributed by atoms with Crippen molar-refractivity contribution in [3.05, 3.63) is 29.8 Å². The Morgan fingerprint density at radius 2 is 1.84 bits per heavy atom. The normalized spacial score (nSPS) is 33.1. The summed E-state index contributed by atoms with van der Waals surface area (Å²) in [4.78, 5) is 11.7. The Morgan fingerprint density at radius 1 is 1.19 bits per heavy atom.